The molecule has 0 N–H and O–H groups in total. The molecular formula is C10H4FN2O. The van der Waals surface area contributed by atoms with Crippen molar-refractivity contribution in [2.75, 3.05) is 0 Å². The van der Waals surface area contributed by atoms with E-state index in [1.165, 1.54) is 18.2 Å². The quantitative estimate of drug-likeness (QED) is 0.687. The Morgan fingerprint density at radius 1 is 1.50 bits per heavy atom. The number of nitriles is 1. The molecule has 4 heteroatoms. The lowest BCUT2D eigenvalue weighted by Gasteiger charge is -1.95. The summed E-state index contributed by atoms with van der Waals surface area (Å²) in [5.74, 6) is -0.144. The van der Waals surface area contributed by atoms with Crippen LogP contribution in [0.5, 0.6) is 0 Å². The number of halogens is 1. The van der Waals surface area contributed by atoms with Crippen LogP contribution in [-0.4, -0.2) is 4.98 Å². The normalized spacial score (nSPS) is 9.71. The first-order valence-corrected chi connectivity index (χ1v) is 3.84. The molecule has 3 nitrogen and oxygen atoms in total. The van der Waals surface area contributed by atoms with Crippen molar-refractivity contribution in [3.05, 3.63) is 42.2 Å². The molecular weight excluding hydrogens is 183 g/mol. The number of rotatable bonds is 1. The van der Waals surface area contributed by atoms with Crippen molar-refractivity contribution < 1.29 is 8.81 Å². The van der Waals surface area contributed by atoms with Crippen molar-refractivity contribution in [3.8, 4) is 17.4 Å². The third-order valence-electron chi connectivity index (χ3n) is 1.71. The molecule has 0 saturated carbocycles. The highest BCUT2D eigenvalue weighted by Gasteiger charge is 2.10. The number of hydrogen-bond acceptors (Lipinski definition) is 3. The van der Waals surface area contributed by atoms with Crippen LogP contribution in [-0.2, 0) is 0 Å². The highest BCUT2D eigenvalue weighted by atomic mass is 19.1. The predicted molar refractivity (Wildman–Crippen MR) is 45.4 cm³/mol. The molecule has 0 atom stereocenters. The highest BCUT2D eigenvalue weighted by Crippen LogP contribution is 2.22. The van der Waals surface area contributed by atoms with Crippen molar-refractivity contribution in [3.63, 3.8) is 0 Å². The van der Waals surface area contributed by atoms with Crippen LogP contribution in [0.25, 0.3) is 11.3 Å². The zero-order chi connectivity index (χ0) is 9.97. The molecule has 67 valence electrons. The summed E-state index contributed by atoms with van der Waals surface area (Å²) in [5.41, 5.74) is 0.589. The lowest BCUT2D eigenvalue weighted by Crippen LogP contribution is -1.81. The smallest absolute Gasteiger partial charge is 0.285 e. The molecule has 14 heavy (non-hydrogen) atoms. The fourth-order valence-corrected chi connectivity index (χ4v) is 1.11. The predicted octanol–water partition coefficient (Wildman–Crippen LogP) is 2.15. The van der Waals surface area contributed by atoms with E-state index < -0.39 is 0 Å². The van der Waals surface area contributed by atoms with Crippen molar-refractivity contribution >= 4 is 0 Å². The number of hydrogen-bond donors (Lipinski definition) is 0. The number of oxazole rings is 1. The minimum atomic E-state index is -0.386. The maximum absolute atomic E-state index is 12.8. The number of nitrogens with zero attached hydrogens (tertiary/aromatic N) is 2. The minimum Gasteiger partial charge on any atom is -0.431 e. The fourth-order valence-electron chi connectivity index (χ4n) is 1.11. The zero-order valence-corrected chi connectivity index (χ0v) is 6.99. The molecule has 1 aromatic heterocycles. The van der Waals surface area contributed by atoms with Crippen LogP contribution >= 0.6 is 0 Å². The van der Waals surface area contributed by atoms with Crippen LogP contribution in [0.2, 0.25) is 0 Å². The Bertz CT molecular complexity index is 499. The highest BCUT2D eigenvalue weighted by molar-refractivity contribution is 5.62. The molecule has 0 spiro atoms. The lowest BCUT2D eigenvalue weighted by molar-refractivity contribution is 0.560. The van der Waals surface area contributed by atoms with Gasteiger partial charge in [-0.1, -0.05) is 12.1 Å². The van der Waals surface area contributed by atoms with E-state index in [0.29, 0.717) is 5.56 Å². The van der Waals surface area contributed by atoms with E-state index in [9.17, 15) is 4.39 Å². The van der Waals surface area contributed by atoms with Crippen LogP contribution in [0.3, 0.4) is 0 Å². The summed E-state index contributed by atoms with van der Waals surface area (Å²) in [6.45, 7) is 0. The Morgan fingerprint density at radius 2 is 2.36 bits per heavy atom. The number of benzene rings is 1. The van der Waals surface area contributed by atoms with Gasteiger partial charge in [0.05, 0.1) is 0 Å². The fraction of sp³-hybridized carbons (Fsp3) is 0. The standard InChI is InChI=1S/C10H4FN2O/c11-8-3-1-2-7(4-8)10-9(5-12)13-6-14-10/h1-4H. The Balaban J connectivity index is 2.56. The molecule has 0 aliphatic carbocycles. The van der Waals surface area contributed by atoms with Crippen LogP contribution in [0, 0.1) is 23.5 Å². The van der Waals surface area contributed by atoms with Gasteiger partial charge in [-0.25, -0.2) is 4.39 Å². The van der Waals surface area contributed by atoms with E-state index in [1.807, 2.05) is 6.07 Å². The summed E-state index contributed by atoms with van der Waals surface area (Å²) < 4.78 is 17.7. The van der Waals surface area contributed by atoms with Crippen molar-refractivity contribution in [1.29, 1.82) is 5.26 Å². The molecule has 0 amide bonds. The zero-order valence-electron chi connectivity index (χ0n) is 6.99. The topological polar surface area (TPSA) is 49.8 Å². The van der Waals surface area contributed by atoms with E-state index in [-0.39, 0.29) is 17.3 Å². The van der Waals surface area contributed by atoms with Gasteiger partial charge in [-0.05, 0) is 12.1 Å². The number of aromatic nitrogens is 1. The molecule has 1 radical (unpaired) electrons. The Morgan fingerprint density at radius 3 is 3.07 bits per heavy atom. The van der Waals surface area contributed by atoms with Gasteiger partial charge >= 0.3 is 0 Å². The average molecular weight is 187 g/mol. The first-order valence-electron chi connectivity index (χ1n) is 3.84. The molecule has 0 aliphatic heterocycles. The average Bonchev–Trinajstić information content (AvgIpc) is 2.65. The first kappa shape index (κ1) is 8.45. The first-order chi connectivity index (χ1) is 6.81. The minimum absolute atomic E-state index is 0.107. The molecule has 0 aliphatic rings. The largest absolute Gasteiger partial charge is 0.431 e. The van der Waals surface area contributed by atoms with E-state index in [1.54, 1.807) is 6.07 Å². The molecule has 0 fully saturated rings. The second-order valence-corrected chi connectivity index (χ2v) is 2.61. The van der Waals surface area contributed by atoms with Gasteiger partial charge in [0.25, 0.3) is 6.39 Å². The van der Waals surface area contributed by atoms with Crippen molar-refractivity contribution in [2.45, 2.75) is 0 Å². The molecule has 1 aromatic carbocycles. The van der Waals surface area contributed by atoms with Crippen LogP contribution in [0.15, 0.2) is 28.7 Å². The van der Waals surface area contributed by atoms with Gasteiger partial charge in [0.2, 0.25) is 0 Å². The summed E-state index contributed by atoms with van der Waals surface area (Å²) in [6, 6.07) is 7.60. The lowest BCUT2D eigenvalue weighted by atomic mass is 10.1. The van der Waals surface area contributed by atoms with Crippen LogP contribution < -0.4 is 0 Å². The van der Waals surface area contributed by atoms with Crippen LogP contribution in [0.4, 0.5) is 4.39 Å². The Labute approximate surface area is 79.4 Å². The Hall–Kier alpha value is -2.15. The summed E-state index contributed by atoms with van der Waals surface area (Å²) in [7, 11) is 0. The van der Waals surface area contributed by atoms with Gasteiger partial charge in [0.15, 0.2) is 11.5 Å². The van der Waals surface area contributed by atoms with Gasteiger partial charge in [-0.3, -0.25) is 0 Å². The van der Waals surface area contributed by atoms with Crippen LogP contribution in [0.1, 0.15) is 5.69 Å². The molecule has 2 rings (SSSR count). The molecule has 2 aromatic rings. The summed E-state index contributed by atoms with van der Waals surface area (Å²) in [5, 5.41) is 8.65. The Kier molecular flexibility index (Phi) is 1.99. The van der Waals surface area contributed by atoms with E-state index in [0.717, 1.165) is 0 Å². The van der Waals surface area contributed by atoms with Crippen molar-refractivity contribution in [1.82, 2.24) is 4.98 Å². The van der Waals surface area contributed by atoms with E-state index in [4.69, 9.17) is 9.68 Å². The van der Waals surface area contributed by atoms with Crippen molar-refractivity contribution in [2.24, 2.45) is 0 Å². The summed E-state index contributed by atoms with van der Waals surface area (Å²) in [4.78, 5) is 3.57. The summed E-state index contributed by atoms with van der Waals surface area (Å²) >= 11 is 0. The maximum atomic E-state index is 12.8. The third-order valence-corrected chi connectivity index (χ3v) is 1.71. The monoisotopic (exact) mass is 187 g/mol. The van der Waals surface area contributed by atoms with E-state index >= 15 is 0 Å². The van der Waals surface area contributed by atoms with Gasteiger partial charge < -0.3 is 4.42 Å². The second-order valence-electron chi connectivity index (χ2n) is 2.61. The second kappa shape index (κ2) is 3.30. The van der Waals surface area contributed by atoms with Gasteiger partial charge in [-0.2, -0.15) is 10.2 Å². The summed E-state index contributed by atoms with van der Waals surface area (Å²) in [6.07, 6.45) is 2.20. The molecule has 0 bridgehead atoms. The molecule has 0 saturated heterocycles. The molecule has 0 unspecified atom stereocenters. The molecule has 1 heterocycles. The van der Waals surface area contributed by atoms with Gasteiger partial charge in [0.1, 0.15) is 11.9 Å². The van der Waals surface area contributed by atoms with Gasteiger partial charge in [0, 0.05) is 5.56 Å². The third kappa shape index (κ3) is 1.36. The van der Waals surface area contributed by atoms with Gasteiger partial charge in [-0.15, -0.1) is 0 Å². The van der Waals surface area contributed by atoms with E-state index in [2.05, 4.69) is 11.4 Å². The SMILES string of the molecule is N#Cc1n[c]oc1-c1cccc(F)c1. The maximum Gasteiger partial charge on any atom is 0.285 e.